The number of hydrogen-bond donors (Lipinski definition) is 1. The molecule has 1 heterocycles. The van der Waals surface area contributed by atoms with E-state index in [0.29, 0.717) is 23.6 Å². The third kappa shape index (κ3) is 4.44. The van der Waals surface area contributed by atoms with Crippen molar-refractivity contribution in [1.82, 2.24) is 4.57 Å². The fraction of sp³-hybridized carbons (Fsp3) is 0.125. The predicted molar refractivity (Wildman–Crippen MR) is 121 cm³/mol. The van der Waals surface area contributed by atoms with E-state index in [2.05, 4.69) is 10.2 Å². The van der Waals surface area contributed by atoms with E-state index >= 15 is 0 Å². The molecule has 0 aliphatic carbocycles. The van der Waals surface area contributed by atoms with Gasteiger partial charge in [-0.15, -0.1) is 10.2 Å². The molecule has 0 bridgehead atoms. The third-order valence-electron chi connectivity index (χ3n) is 4.87. The van der Waals surface area contributed by atoms with Gasteiger partial charge >= 0.3 is 0 Å². The number of halogens is 1. The molecule has 0 radical (unpaired) electrons. The van der Waals surface area contributed by atoms with Crippen LogP contribution in [0.4, 0.5) is 5.69 Å². The summed E-state index contributed by atoms with van der Waals surface area (Å²) in [6, 6.07) is 21.8. The van der Waals surface area contributed by atoms with Crippen LogP contribution in [0.2, 0.25) is 5.02 Å². The predicted octanol–water partition coefficient (Wildman–Crippen LogP) is 6.31. The second kappa shape index (κ2) is 9.02. The average molecular weight is 434 g/mol. The number of rotatable bonds is 6. The van der Waals surface area contributed by atoms with Crippen LogP contribution in [0.3, 0.4) is 0 Å². The lowest BCUT2D eigenvalue weighted by molar-refractivity contribution is 0.0995. The van der Waals surface area contributed by atoms with Crippen LogP contribution < -0.4 is 4.74 Å². The SMILES string of the molecule is Cc1ccc(OCCn2c(O)c(N=NC(=O)c3ccccc3Cl)c3ccccc32)cc1. The molecule has 31 heavy (non-hydrogen) atoms. The molecule has 0 unspecified atom stereocenters. The van der Waals surface area contributed by atoms with E-state index in [4.69, 9.17) is 16.3 Å². The van der Waals surface area contributed by atoms with E-state index in [1.165, 1.54) is 0 Å². The summed E-state index contributed by atoms with van der Waals surface area (Å²) >= 11 is 6.06. The van der Waals surface area contributed by atoms with Gasteiger partial charge in [-0.05, 0) is 37.3 Å². The molecule has 6 nitrogen and oxygen atoms in total. The first-order valence-corrected chi connectivity index (χ1v) is 10.1. The zero-order valence-electron chi connectivity index (χ0n) is 16.8. The van der Waals surface area contributed by atoms with Crippen LogP contribution in [0, 0.1) is 6.92 Å². The van der Waals surface area contributed by atoms with Crippen LogP contribution in [0.25, 0.3) is 10.9 Å². The molecular formula is C24H20ClN3O3. The van der Waals surface area contributed by atoms with Crippen molar-refractivity contribution in [3.63, 3.8) is 0 Å². The number of carbonyl (C=O) groups excluding carboxylic acids is 1. The molecule has 0 atom stereocenters. The molecule has 4 rings (SSSR count). The van der Waals surface area contributed by atoms with Gasteiger partial charge in [0.25, 0.3) is 5.91 Å². The van der Waals surface area contributed by atoms with Gasteiger partial charge in [0.05, 0.1) is 22.6 Å². The van der Waals surface area contributed by atoms with Crippen molar-refractivity contribution >= 4 is 34.1 Å². The van der Waals surface area contributed by atoms with Crippen LogP contribution in [0.5, 0.6) is 11.6 Å². The number of aryl methyl sites for hydroxylation is 1. The average Bonchev–Trinajstić information content (AvgIpc) is 3.05. The lowest BCUT2D eigenvalue weighted by atomic mass is 10.2. The van der Waals surface area contributed by atoms with Crippen LogP contribution in [-0.2, 0) is 6.54 Å². The van der Waals surface area contributed by atoms with Crippen molar-refractivity contribution in [3.05, 3.63) is 88.9 Å². The second-order valence-corrected chi connectivity index (χ2v) is 7.39. The molecule has 1 N–H and O–H groups in total. The fourth-order valence-corrected chi connectivity index (χ4v) is 3.49. The zero-order valence-corrected chi connectivity index (χ0v) is 17.6. The molecule has 0 aliphatic heterocycles. The summed E-state index contributed by atoms with van der Waals surface area (Å²) in [5.41, 5.74) is 2.41. The highest BCUT2D eigenvalue weighted by Crippen LogP contribution is 2.38. The Balaban J connectivity index is 1.58. The van der Waals surface area contributed by atoms with Gasteiger partial charge in [-0.25, -0.2) is 0 Å². The van der Waals surface area contributed by atoms with Crippen molar-refractivity contribution in [3.8, 4) is 11.6 Å². The number of benzene rings is 3. The lowest BCUT2D eigenvalue weighted by Gasteiger charge is -2.09. The Bertz CT molecular complexity index is 1260. The van der Waals surface area contributed by atoms with Gasteiger partial charge in [0, 0.05) is 5.39 Å². The number of hydrogen-bond acceptors (Lipinski definition) is 4. The molecule has 1 amide bonds. The van der Waals surface area contributed by atoms with Gasteiger partial charge in [0.2, 0.25) is 5.88 Å². The summed E-state index contributed by atoms with van der Waals surface area (Å²) in [6.07, 6.45) is 0. The molecule has 0 aliphatic rings. The van der Waals surface area contributed by atoms with Gasteiger partial charge in [-0.1, -0.05) is 59.6 Å². The van der Waals surface area contributed by atoms with E-state index < -0.39 is 5.91 Å². The van der Waals surface area contributed by atoms with Gasteiger partial charge in [0.15, 0.2) is 5.69 Å². The zero-order chi connectivity index (χ0) is 21.8. The quantitative estimate of drug-likeness (QED) is 0.362. The Morgan fingerprint density at radius 1 is 1.03 bits per heavy atom. The Kier molecular flexibility index (Phi) is 6.00. The summed E-state index contributed by atoms with van der Waals surface area (Å²) in [5, 5.41) is 19.6. The Hall–Kier alpha value is -3.64. The van der Waals surface area contributed by atoms with Crippen LogP contribution in [0.1, 0.15) is 15.9 Å². The van der Waals surface area contributed by atoms with Crippen molar-refractivity contribution in [1.29, 1.82) is 0 Å². The molecule has 0 spiro atoms. The first-order valence-electron chi connectivity index (χ1n) is 9.75. The summed E-state index contributed by atoms with van der Waals surface area (Å²) < 4.78 is 7.48. The third-order valence-corrected chi connectivity index (χ3v) is 5.20. The Morgan fingerprint density at radius 2 is 1.74 bits per heavy atom. The minimum Gasteiger partial charge on any atom is -0.493 e. The maximum absolute atomic E-state index is 12.4. The first kappa shape index (κ1) is 20.6. The van der Waals surface area contributed by atoms with E-state index in [9.17, 15) is 9.90 Å². The molecule has 0 saturated carbocycles. The highest BCUT2D eigenvalue weighted by molar-refractivity contribution is 6.33. The highest BCUT2D eigenvalue weighted by atomic mass is 35.5. The number of azo groups is 1. The van der Waals surface area contributed by atoms with Crippen LogP contribution >= 0.6 is 11.6 Å². The van der Waals surface area contributed by atoms with Gasteiger partial charge in [0.1, 0.15) is 12.4 Å². The van der Waals surface area contributed by atoms with Crippen molar-refractivity contribution in [2.24, 2.45) is 10.2 Å². The number of ether oxygens (including phenoxy) is 1. The minimum absolute atomic E-state index is 0.0792. The van der Waals surface area contributed by atoms with E-state index in [0.717, 1.165) is 16.8 Å². The Labute approximate surface area is 184 Å². The molecule has 4 aromatic rings. The minimum atomic E-state index is -0.579. The smallest absolute Gasteiger partial charge is 0.296 e. The van der Waals surface area contributed by atoms with Gasteiger partial charge < -0.3 is 14.4 Å². The molecular weight excluding hydrogens is 414 g/mol. The Morgan fingerprint density at radius 3 is 2.52 bits per heavy atom. The van der Waals surface area contributed by atoms with E-state index in [1.807, 2.05) is 55.5 Å². The molecule has 0 fully saturated rings. The highest BCUT2D eigenvalue weighted by Gasteiger charge is 2.17. The number of fused-ring (bicyclic) bond motifs is 1. The molecule has 0 saturated heterocycles. The normalized spacial score (nSPS) is 11.3. The molecule has 7 heteroatoms. The number of carbonyl (C=O) groups is 1. The number of para-hydroxylation sites is 1. The maximum atomic E-state index is 12.4. The van der Waals surface area contributed by atoms with Crippen LogP contribution in [0.15, 0.2) is 83.0 Å². The number of amides is 1. The first-order chi connectivity index (χ1) is 15.0. The van der Waals surface area contributed by atoms with Gasteiger partial charge in [-0.2, -0.15) is 0 Å². The van der Waals surface area contributed by atoms with E-state index in [1.54, 1.807) is 28.8 Å². The molecule has 156 valence electrons. The number of nitrogens with zero attached hydrogens (tertiary/aromatic N) is 3. The molecule has 3 aromatic carbocycles. The summed E-state index contributed by atoms with van der Waals surface area (Å²) in [4.78, 5) is 12.4. The van der Waals surface area contributed by atoms with Crippen molar-refractivity contribution in [2.75, 3.05) is 6.61 Å². The lowest BCUT2D eigenvalue weighted by Crippen LogP contribution is -2.07. The van der Waals surface area contributed by atoms with Crippen molar-refractivity contribution < 1.29 is 14.6 Å². The monoisotopic (exact) mass is 433 g/mol. The summed E-state index contributed by atoms with van der Waals surface area (Å²) in [7, 11) is 0. The largest absolute Gasteiger partial charge is 0.493 e. The van der Waals surface area contributed by atoms with E-state index in [-0.39, 0.29) is 17.1 Å². The molecule has 1 aromatic heterocycles. The summed E-state index contributed by atoms with van der Waals surface area (Å²) in [5.74, 6) is 0.0979. The standard InChI is InChI=1S/C24H20ClN3O3/c1-16-10-12-17(13-11-16)31-15-14-28-21-9-5-3-7-19(21)22(24(28)30)26-27-23(29)18-6-2-4-8-20(18)25/h2-13,30H,14-15H2,1H3. The number of aromatic nitrogens is 1. The number of aromatic hydroxyl groups is 1. The van der Waals surface area contributed by atoms with Crippen molar-refractivity contribution in [2.45, 2.75) is 13.5 Å². The summed E-state index contributed by atoms with van der Waals surface area (Å²) in [6.45, 7) is 2.76. The van der Waals surface area contributed by atoms with Crippen LogP contribution in [-0.4, -0.2) is 22.2 Å². The topological polar surface area (TPSA) is 76.2 Å². The maximum Gasteiger partial charge on any atom is 0.296 e. The second-order valence-electron chi connectivity index (χ2n) is 6.99. The van der Waals surface area contributed by atoms with Gasteiger partial charge in [-0.3, -0.25) is 4.79 Å². The fourth-order valence-electron chi connectivity index (χ4n) is 3.27.